The fourth-order valence-electron chi connectivity index (χ4n) is 2.53. The SMILES string of the molecule is CC(C)(C)[Si](C)(C)O[C@H]1C[C@@H]2[C@H](N)[C@@H]2C1. The minimum absolute atomic E-state index is 0.335. The van der Waals surface area contributed by atoms with Crippen LogP contribution in [-0.2, 0) is 4.43 Å². The van der Waals surface area contributed by atoms with Crippen LogP contribution in [0.3, 0.4) is 0 Å². The molecule has 2 saturated carbocycles. The van der Waals surface area contributed by atoms with E-state index in [1.54, 1.807) is 0 Å². The van der Waals surface area contributed by atoms with Gasteiger partial charge in [0.05, 0.1) is 0 Å². The molecule has 4 atom stereocenters. The van der Waals surface area contributed by atoms with Crippen LogP contribution >= 0.6 is 0 Å². The highest BCUT2D eigenvalue weighted by Crippen LogP contribution is 2.53. The minimum Gasteiger partial charge on any atom is -0.414 e. The average Bonchev–Trinajstić information content (AvgIpc) is 2.54. The van der Waals surface area contributed by atoms with Gasteiger partial charge in [-0.3, -0.25) is 0 Å². The summed E-state index contributed by atoms with van der Waals surface area (Å²) < 4.78 is 6.40. The molecule has 2 nitrogen and oxygen atoms in total. The lowest BCUT2D eigenvalue weighted by molar-refractivity contribution is 0.171. The maximum atomic E-state index is 6.40. The van der Waals surface area contributed by atoms with Crippen molar-refractivity contribution in [3.63, 3.8) is 0 Å². The molecule has 0 amide bonds. The molecule has 88 valence electrons. The highest BCUT2D eigenvalue weighted by Gasteiger charge is 2.55. The lowest BCUT2D eigenvalue weighted by Gasteiger charge is -2.39. The van der Waals surface area contributed by atoms with Crippen LogP contribution in [0.4, 0.5) is 0 Å². The first kappa shape index (κ1) is 11.6. The van der Waals surface area contributed by atoms with Crippen molar-refractivity contribution in [1.82, 2.24) is 0 Å². The van der Waals surface area contributed by atoms with Crippen LogP contribution < -0.4 is 5.73 Å². The molecule has 0 bridgehead atoms. The molecular formula is C12H25NOSi. The van der Waals surface area contributed by atoms with E-state index in [4.69, 9.17) is 10.2 Å². The van der Waals surface area contributed by atoms with E-state index in [1.165, 1.54) is 12.8 Å². The average molecular weight is 227 g/mol. The van der Waals surface area contributed by atoms with Gasteiger partial charge in [-0.15, -0.1) is 0 Å². The molecular weight excluding hydrogens is 202 g/mol. The third kappa shape index (κ3) is 2.02. The summed E-state index contributed by atoms with van der Waals surface area (Å²) in [6, 6.07) is 0.504. The Balaban J connectivity index is 1.88. The van der Waals surface area contributed by atoms with Crippen molar-refractivity contribution >= 4 is 8.32 Å². The molecule has 0 radical (unpaired) electrons. The molecule has 0 heterocycles. The third-order valence-electron chi connectivity index (χ3n) is 4.74. The van der Waals surface area contributed by atoms with Gasteiger partial charge >= 0.3 is 0 Å². The molecule has 2 N–H and O–H groups in total. The maximum Gasteiger partial charge on any atom is 0.192 e. The quantitative estimate of drug-likeness (QED) is 0.736. The van der Waals surface area contributed by atoms with Gasteiger partial charge in [0.15, 0.2) is 8.32 Å². The Labute approximate surface area is 94.7 Å². The smallest absolute Gasteiger partial charge is 0.192 e. The minimum atomic E-state index is -1.54. The van der Waals surface area contributed by atoms with Crippen molar-refractivity contribution in [1.29, 1.82) is 0 Å². The Kier molecular flexibility index (Phi) is 2.57. The van der Waals surface area contributed by atoms with Crippen molar-refractivity contribution in [3.8, 4) is 0 Å². The molecule has 0 aromatic rings. The van der Waals surface area contributed by atoms with Crippen molar-refractivity contribution in [2.45, 2.75) is 63.9 Å². The van der Waals surface area contributed by atoms with Gasteiger partial charge < -0.3 is 10.2 Å². The second-order valence-electron chi connectivity index (χ2n) is 6.88. The molecule has 0 saturated heterocycles. The lowest BCUT2D eigenvalue weighted by Crippen LogP contribution is -2.44. The van der Waals surface area contributed by atoms with Gasteiger partial charge in [0.1, 0.15) is 0 Å². The van der Waals surface area contributed by atoms with E-state index >= 15 is 0 Å². The van der Waals surface area contributed by atoms with Crippen LogP contribution in [-0.4, -0.2) is 20.5 Å². The standard InChI is InChI=1S/C12H25NOSi/c1-12(2,3)15(4,5)14-8-6-9-10(7-8)11(9)13/h8-11H,6-7,13H2,1-5H3/t8-,9-,10+,11-. The Hall–Kier alpha value is 0.137. The Morgan fingerprint density at radius 1 is 1.13 bits per heavy atom. The summed E-state index contributed by atoms with van der Waals surface area (Å²) in [7, 11) is -1.54. The van der Waals surface area contributed by atoms with E-state index in [2.05, 4.69) is 33.9 Å². The molecule has 0 unspecified atom stereocenters. The van der Waals surface area contributed by atoms with Gasteiger partial charge in [0.2, 0.25) is 0 Å². The van der Waals surface area contributed by atoms with Gasteiger partial charge in [0.25, 0.3) is 0 Å². The molecule has 3 heteroatoms. The van der Waals surface area contributed by atoms with Crippen LogP contribution in [0.5, 0.6) is 0 Å². The summed E-state index contributed by atoms with van der Waals surface area (Å²) in [5.74, 6) is 1.58. The normalized spacial score (nSPS) is 40.4. The number of hydrogen-bond acceptors (Lipinski definition) is 2. The molecule has 2 rings (SSSR count). The fourth-order valence-corrected chi connectivity index (χ4v) is 3.91. The van der Waals surface area contributed by atoms with E-state index in [0.717, 1.165) is 11.8 Å². The summed E-state index contributed by atoms with van der Waals surface area (Å²) in [6.45, 7) is 11.6. The van der Waals surface area contributed by atoms with Crippen LogP contribution in [0.1, 0.15) is 33.6 Å². The number of nitrogens with two attached hydrogens (primary N) is 1. The predicted octanol–water partition coefficient (Wildman–Crippen LogP) is 2.74. The van der Waals surface area contributed by atoms with Gasteiger partial charge in [-0.05, 0) is 42.8 Å². The first-order valence-corrected chi connectivity index (χ1v) is 9.06. The zero-order valence-corrected chi connectivity index (χ0v) is 11.7. The monoisotopic (exact) mass is 227 g/mol. The molecule has 0 spiro atoms. The van der Waals surface area contributed by atoms with Crippen molar-refractivity contribution in [3.05, 3.63) is 0 Å². The maximum absolute atomic E-state index is 6.40. The van der Waals surface area contributed by atoms with Gasteiger partial charge in [-0.1, -0.05) is 20.8 Å². The molecule has 0 aromatic carbocycles. The third-order valence-corrected chi connectivity index (χ3v) is 9.27. The van der Waals surface area contributed by atoms with E-state index in [1.807, 2.05) is 0 Å². The zero-order valence-electron chi connectivity index (χ0n) is 10.7. The molecule has 2 aliphatic carbocycles. The topological polar surface area (TPSA) is 35.2 Å². The first-order valence-electron chi connectivity index (χ1n) is 6.16. The summed E-state index contributed by atoms with van der Waals surface area (Å²) in [5, 5.41) is 0.335. The van der Waals surface area contributed by atoms with Gasteiger partial charge in [-0.2, -0.15) is 0 Å². The van der Waals surface area contributed by atoms with Crippen LogP contribution in [0.25, 0.3) is 0 Å². The predicted molar refractivity (Wildman–Crippen MR) is 66.3 cm³/mol. The summed E-state index contributed by atoms with van der Waals surface area (Å²) in [4.78, 5) is 0. The van der Waals surface area contributed by atoms with E-state index in [9.17, 15) is 0 Å². The number of rotatable bonds is 2. The zero-order chi connectivity index (χ0) is 11.4. The number of hydrogen-bond donors (Lipinski definition) is 1. The van der Waals surface area contributed by atoms with E-state index in [0.29, 0.717) is 17.2 Å². The molecule has 2 aliphatic rings. The summed E-state index contributed by atoms with van der Waals surface area (Å²) in [6.07, 6.45) is 2.96. The summed E-state index contributed by atoms with van der Waals surface area (Å²) >= 11 is 0. The van der Waals surface area contributed by atoms with Gasteiger partial charge in [0, 0.05) is 12.1 Å². The Morgan fingerprint density at radius 2 is 1.60 bits per heavy atom. The molecule has 0 aromatic heterocycles. The molecule has 15 heavy (non-hydrogen) atoms. The number of fused-ring (bicyclic) bond motifs is 1. The Bertz CT molecular complexity index is 247. The first-order chi connectivity index (χ1) is 6.72. The van der Waals surface area contributed by atoms with Crippen LogP contribution in [0.15, 0.2) is 0 Å². The summed E-state index contributed by atoms with van der Waals surface area (Å²) in [5.41, 5.74) is 5.94. The van der Waals surface area contributed by atoms with Crippen molar-refractivity contribution < 1.29 is 4.43 Å². The van der Waals surface area contributed by atoms with Crippen LogP contribution in [0, 0.1) is 11.8 Å². The second kappa shape index (κ2) is 3.31. The van der Waals surface area contributed by atoms with E-state index in [-0.39, 0.29) is 0 Å². The van der Waals surface area contributed by atoms with Crippen molar-refractivity contribution in [2.75, 3.05) is 0 Å². The molecule has 0 aliphatic heterocycles. The van der Waals surface area contributed by atoms with Gasteiger partial charge in [-0.25, -0.2) is 0 Å². The van der Waals surface area contributed by atoms with Crippen LogP contribution in [0.2, 0.25) is 18.1 Å². The highest BCUT2D eigenvalue weighted by atomic mass is 28.4. The Morgan fingerprint density at radius 3 is 2.00 bits per heavy atom. The lowest BCUT2D eigenvalue weighted by atomic mass is 10.2. The van der Waals surface area contributed by atoms with Crippen molar-refractivity contribution in [2.24, 2.45) is 17.6 Å². The van der Waals surface area contributed by atoms with E-state index < -0.39 is 8.32 Å². The largest absolute Gasteiger partial charge is 0.414 e. The second-order valence-corrected chi connectivity index (χ2v) is 11.6. The molecule has 2 fully saturated rings. The highest BCUT2D eigenvalue weighted by molar-refractivity contribution is 6.74. The fraction of sp³-hybridized carbons (Fsp3) is 1.00.